The smallest absolute Gasteiger partial charge is 0.251 e. The highest BCUT2D eigenvalue weighted by Crippen LogP contribution is 2.41. The van der Waals surface area contributed by atoms with Gasteiger partial charge < -0.3 is 19.9 Å². The maximum Gasteiger partial charge on any atom is 0.251 e. The van der Waals surface area contributed by atoms with E-state index in [1.165, 1.54) is 5.56 Å². The first-order valence-corrected chi connectivity index (χ1v) is 10.9. The first kappa shape index (κ1) is 21.5. The van der Waals surface area contributed by atoms with Crippen LogP contribution in [-0.2, 0) is 16.1 Å². The van der Waals surface area contributed by atoms with E-state index in [1.807, 2.05) is 23.7 Å². The van der Waals surface area contributed by atoms with Gasteiger partial charge in [-0.25, -0.2) is 4.98 Å². The third-order valence-corrected chi connectivity index (χ3v) is 6.44. The van der Waals surface area contributed by atoms with Crippen molar-refractivity contribution in [2.24, 2.45) is 5.92 Å². The van der Waals surface area contributed by atoms with Crippen LogP contribution in [0.25, 0.3) is 0 Å². The van der Waals surface area contributed by atoms with Crippen molar-refractivity contribution in [2.45, 2.75) is 31.3 Å². The summed E-state index contributed by atoms with van der Waals surface area (Å²) in [6, 6.07) is 9.56. The largest absolute Gasteiger partial charge is 0.384 e. The third-order valence-electron chi connectivity index (χ3n) is 6.44. The molecule has 8 heteroatoms. The first-order chi connectivity index (χ1) is 15.1. The third kappa shape index (κ3) is 4.65. The van der Waals surface area contributed by atoms with Crippen molar-refractivity contribution in [1.29, 1.82) is 0 Å². The number of fused-ring (bicyclic) bond motifs is 4. The standard InChI is InChI=1S/C23H31N5O3/c1-24-23-16(5-4-9-25-23)13-27-14-17-11-18(15-27)20(12-26-21(29)8-10-31-2)28-19(17)6-3-7-22(28)30/h3-7,9,17-18,20H,8,10-15H2,1-2H3,(H,24,25)(H,26,29)/t17-,18+,20+/m1/s1. The zero-order valence-electron chi connectivity index (χ0n) is 18.2. The molecular weight excluding hydrogens is 394 g/mol. The Hall–Kier alpha value is -2.71. The summed E-state index contributed by atoms with van der Waals surface area (Å²) in [5.41, 5.74) is 2.26. The van der Waals surface area contributed by atoms with E-state index in [0.717, 1.165) is 37.6 Å². The lowest BCUT2D eigenvalue weighted by molar-refractivity contribution is -0.122. The fourth-order valence-electron chi connectivity index (χ4n) is 5.06. The highest BCUT2D eigenvalue weighted by Gasteiger charge is 2.40. The molecule has 2 aromatic heterocycles. The van der Waals surface area contributed by atoms with Gasteiger partial charge in [-0.1, -0.05) is 12.1 Å². The van der Waals surface area contributed by atoms with Gasteiger partial charge in [0.05, 0.1) is 12.6 Å². The molecule has 31 heavy (non-hydrogen) atoms. The lowest BCUT2D eigenvalue weighted by Crippen LogP contribution is -2.51. The van der Waals surface area contributed by atoms with Crippen molar-refractivity contribution in [2.75, 3.05) is 45.7 Å². The van der Waals surface area contributed by atoms with E-state index >= 15 is 0 Å². The Morgan fingerprint density at radius 2 is 2.13 bits per heavy atom. The zero-order valence-corrected chi connectivity index (χ0v) is 18.2. The van der Waals surface area contributed by atoms with Gasteiger partial charge in [0.25, 0.3) is 5.56 Å². The van der Waals surface area contributed by atoms with Gasteiger partial charge in [0, 0.05) is 76.2 Å². The molecule has 3 atom stereocenters. The van der Waals surface area contributed by atoms with E-state index in [9.17, 15) is 9.59 Å². The normalized spacial score (nSPS) is 22.6. The molecule has 2 bridgehead atoms. The number of methoxy groups -OCH3 is 1. The van der Waals surface area contributed by atoms with E-state index in [-0.39, 0.29) is 17.5 Å². The topological polar surface area (TPSA) is 88.5 Å². The van der Waals surface area contributed by atoms with Gasteiger partial charge in [0.15, 0.2) is 0 Å². The highest BCUT2D eigenvalue weighted by atomic mass is 16.5. The summed E-state index contributed by atoms with van der Waals surface area (Å²) in [5, 5.41) is 6.20. The Bertz CT molecular complexity index is 976. The molecule has 2 aliphatic heterocycles. The number of anilines is 1. The molecule has 0 unspecified atom stereocenters. The molecule has 1 saturated heterocycles. The molecule has 1 amide bonds. The minimum atomic E-state index is -0.0492. The van der Waals surface area contributed by atoms with Crippen LogP contribution in [0.2, 0.25) is 0 Å². The summed E-state index contributed by atoms with van der Waals surface area (Å²) in [6.45, 7) is 3.45. The van der Waals surface area contributed by atoms with Crippen LogP contribution in [0, 0.1) is 5.92 Å². The van der Waals surface area contributed by atoms with Crippen LogP contribution in [0.15, 0.2) is 41.3 Å². The minimum absolute atomic E-state index is 0.0153. The van der Waals surface area contributed by atoms with Gasteiger partial charge >= 0.3 is 0 Å². The van der Waals surface area contributed by atoms with Gasteiger partial charge in [0.1, 0.15) is 5.82 Å². The summed E-state index contributed by atoms with van der Waals surface area (Å²) < 4.78 is 6.93. The van der Waals surface area contributed by atoms with E-state index in [1.54, 1.807) is 19.4 Å². The van der Waals surface area contributed by atoms with Gasteiger partial charge in [0.2, 0.25) is 5.91 Å². The molecule has 166 valence electrons. The second kappa shape index (κ2) is 9.62. The molecule has 4 rings (SSSR count). The molecule has 0 aromatic carbocycles. The summed E-state index contributed by atoms with van der Waals surface area (Å²) in [7, 11) is 3.48. The van der Waals surface area contributed by atoms with Gasteiger partial charge in [-0.15, -0.1) is 0 Å². The van der Waals surface area contributed by atoms with Crippen molar-refractivity contribution >= 4 is 11.7 Å². The number of carbonyl (C=O) groups excluding carboxylic acids is 1. The maximum atomic E-state index is 12.8. The maximum absolute atomic E-state index is 12.8. The van der Waals surface area contributed by atoms with Crippen molar-refractivity contribution in [3.63, 3.8) is 0 Å². The molecule has 2 N–H and O–H groups in total. The number of nitrogens with one attached hydrogen (secondary N) is 2. The molecule has 0 spiro atoms. The number of piperidine rings is 1. The molecule has 0 saturated carbocycles. The molecule has 2 aliphatic rings. The Kier molecular flexibility index (Phi) is 6.67. The van der Waals surface area contributed by atoms with Gasteiger partial charge in [-0.3, -0.25) is 14.5 Å². The van der Waals surface area contributed by atoms with E-state index in [0.29, 0.717) is 31.4 Å². The Balaban J connectivity index is 1.56. The SMILES string of the molecule is CNc1ncccc1CN1C[C@H]2C[C@@H](C1)[C@H](CNC(=O)CCOC)n1c2cccc1=O. The number of amides is 1. The number of rotatable bonds is 8. The highest BCUT2D eigenvalue weighted by molar-refractivity contribution is 5.75. The van der Waals surface area contributed by atoms with Crippen LogP contribution in [0.5, 0.6) is 0 Å². The molecule has 0 radical (unpaired) electrons. The number of nitrogens with zero attached hydrogens (tertiary/aromatic N) is 3. The summed E-state index contributed by atoms with van der Waals surface area (Å²) >= 11 is 0. The molecule has 8 nitrogen and oxygen atoms in total. The van der Waals surface area contributed by atoms with E-state index in [4.69, 9.17) is 4.74 Å². The number of ether oxygens (including phenoxy) is 1. The molecule has 4 heterocycles. The molecule has 1 fully saturated rings. The quantitative estimate of drug-likeness (QED) is 0.668. The molecular formula is C23H31N5O3. The fourth-order valence-corrected chi connectivity index (χ4v) is 5.06. The van der Waals surface area contributed by atoms with Crippen molar-refractivity contribution in [3.05, 3.63) is 58.1 Å². The van der Waals surface area contributed by atoms with Crippen LogP contribution in [0.1, 0.15) is 36.1 Å². The van der Waals surface area contributed by atoms with E-state index in [2.05, 4.69) is 32.7 Å². The monoisotopic (exact) mass is 425 g/mol. The number of aromatic nitrogens is 2. The Morgan fingerprint density at radius 1 is 1.26 bits per heavy atom. The van der Waals surface area contributed by atoms with Crippen molar-refractivity contribution < 1.29 is 9.53 Å². The predicted molar refractivity (Wildman–Crippen MR) is 119 cm³/mol. The van der Waals surface area contributed by atoms with Crippen LogP contribution in [0.4, 0.5) is 5.82 Å². The second-order valence-electron chi connectivity index (χ2n) is 8.42. The first-order valence-electron chi connectivity index (χ1n) is 10.9. The fraction of sp³-hybridized carbons (Fsp3) is 0.522. The van der Waals surface area contributed by atoms with Crippen LogP contribution >= 0.6 is 0 Å². The Labute approximate surface area is 182 Å². The van der Waals surface area contributed by atoms with Crippen molar-refractivity contribution in [1.82, 2.24) is 19.8 Å². The van der Waals surface area contributed by atoms with Crippen LogP contribution < -0.4 is 16.2 Å². The average Bonchev–Trinajstić information content (AvgIpc) is 2.78. The summed E-state index contributed by atoms with van der Waals surface area (Å²) in [5.74, 6) is 1.46. The molecule has 2 aromatic rings. The van der Waals surface area contributed by atoms with Crippen LogP contribution in [0.3, 0.4) is 0 Å². The average molecular weight is 426 g/mol. The lowest BCUT2D eigenvalue weighted by atomic mass is 9.78. The number of carbonyl (C=O) groups is 1. The zero-order chi connectivity index (χ0) is 21.8. The predicted octanol–water partition coefficient (Wildman–Crippen LogP) is 1.60. The lowest BCUT2D eigenvalue weighted by Gasteiger charge is -2.47. The number of hydrogen-bond acceptors (Lipinski definition) is 6. The summed E-state index contributed by atoms with van der Waals surface area (Å²) in [4.78, 5) is 31.9. The van der Waals surface area contributed by atoms with Gasteiger partial charge in [-0.2, -0.15) is 0 Å². The summed E-state index contributed by atoms with van der Waals surface area (Å²) in [6.07, 6.45) is 3.16. The minimum Gasteiger partial charge on any atom is -0.384 e. The second-order valence-corrected chi connectivity index (χ2v) is 8.42. The molecule has 0 aliphatic carbocycles. The van der Waals surface area contributed by atoms with E-state index < -0.39 is 0 Å². The van der Waals surface area contributed by atoms with Crippen molar-refractivity contribution in [3.8, 4) is 0 Å². The number of hydrogen-bond donors (Lipinski definition) is 2. The van der Waals surface area contributed by atoms with Crippen LogP contribution in [-0.4, -0.2) is 60.8 Å². The Morgan fingerprint density at radius 3 is 2.94 bits per heavy atom. The number of pyridine rings is 2. The number of likely N-dealkylation sites (tertiary alicyclic amines) is 1. The van der Waals surface area contributed by atoms with Gasteiger partial charge in [-0.05, 0) is 24.5 Å².